The molecule has 0 aliphatic heterocycles. The van der Waals surface area contributed by atoms with Gasteiger partial charge in [-0.3, -0.25) is 9.13 Å². The number of hydrogen-bond acceptors (Lipinski definition) is 7. The second-order valence-electron chi connectivity index (χ2n) is 5.40. The summed E-state index contributed by atoms with van der Waals surface area (Å²) in [4.78, 5) is 16.2. The first kappa shape index (κ1) is 20.4. The Morgan fingerprint density at radius 1 is 0.897 bits per heavy atom. The molecule has 0 bridgehead atoms. The highest BCUT2D eigenvalue weighted by atomic mass is 79.9. The molecule has 0 aliphatic carbocycles. The Balaban J connectivity index is 0.000000166. The molecule has 4 rings (SSSR count). The third-order valence-corrected chi connectivity index (χ3v) is 4.38. The summed E-state index contributed by atoms with van der Waals surface area (Å²) in [5.74, 6) is 1.49. The Labute approximate surface area is 182 Å². The van der Waals surface area contributed by atoms with Crippen molar-refractivity contribution in [3.63, 3.8) is 0 Å². The molecule has 0 spiro atoms. The molecule has 0 saturated carbocycles. The molecule has 0 fully saturated rings. The fourth-order valence-corrected chi connectivity index (χ4v) is 2.61. The normalized spacial score (nSPS) is 10.4. The largest absolute Gasteiger partial charge is 0.411 e. The van der Waals surface area contributed by atoms with Crippen molar-refractivity contribution >= 4 is 38.1 Å². The molecule has 11 heteroatoms. The van der Waals surface area contributed by atoms with Gasteiger partial charge < -0.3 is 5.21 Å². The van der Waals surface area contributed by atoms with Gasteiger partial charge in [-0.15, -0.1) is 0 Å². The third kappa shape index (κ3) is 5.56. The zero-order chi connectivity index (χ0) is 20.6. The molecule has 4 heterocycles. The van der Waals surface area contributed by atoms with E-state index in [1.165, 1.54) is 6.21 Å². The van der Waals surface area contributed by atoms with Crippen molar-refractivity contribution in [1.29, 1.82) is 5.26 Å². The van der Waals surface area contributed by atoms with Gasteiger partial charge in [0.25, 0.3) is 0 Å². The third-order valence-electron chi connectivity index (χ3n) is 3.44. The van der Waals surface area contributed by atoms with E-state index in [1.807, 2.05) is 30.3 Å². The summed E-state index contributed by atoms with van der Waals surface area (Å²) in [5, 5.41) is 19.8. The number of imidazole rings is 2. The van der Waals surface area contributed by atoms with Gasteiger partial charge in [0.2, 0.25) is 0 Å². The van der Waals surface area contributed by atoms with Gasteiger partial charge in [-0.1, -0.05) is 5.16 Å². The van der Waals surface area contributed by atoms with Crippen molar-refractivity contribution in [3.8, 4) is 17.7 Å². The van der Waals surface area contributed by atoms with Crippen molar-refractivity contribution < 1.29 is 5.21 Å². The smallest absolute Gasteiger partial charge is 0.158 e. The Morgan fingerprint density at radius 2 is 1.48 bits per heavy atom. The van der Waals surface area contributed by atoms with Crippen molar-refractivity contribution in [3.05, 3.63) is 82.0 Å². The maximum atomic E-state index is 8.59. The second kappa shape index (κ2) is 9.72. The van der Waals surface area contributed by atoms with E-state index in [4.69, 9.17) is 10.5 Å². The van der Waals surface area contributed by atoms with Gasteiger partial charge in [-0.05, 0) is 56.1 Å². The summed E-state index contributed by atoms with van der Waals surface area (Å²) >= 11 is 6.60. The minimum Gasteiger partial charge on any atom is -0.411 e. The van der Waals surface area contributed by atoms with Crippen LogP contribution in [0.5, 0.6) is 0 Å². The monoisotopic (exact) mass is 514 g/mol. The topological polar surface area (TPSA) is 118 Å². The van der Waals surface area contributed by atoms with Crippen LogP contribution in [-0.4, -0.2) is 40.5 Å². The summed E-state index contributed by atoms with van der Waals surface area (Å²) in [6.07, 6.45) is 11.2. The SMILES string of the molecule is N#Cc1cn(-c2ccc(Br)cn2)cn1.ON=Cc1cn(-c2ccc(Br)cn2)cn1. The van der Waals surface area contributed by atoms with Gasteiger partial charge in [0.1, 0.15) is 36.1 Å². The lowest BCUT2D eigenvalue weighted by Crippen LogP contribution is -1.92. The highest BCUT2D eigenvalue weighted by Crippen LogP contribution is 2.11. The molecule has 9 nitrogen and oxygen atoms in total. The van der Waals surface area contributed by atoms with Gasteiger partial charge in [0, 0.05) is 33.7 Å². The minimum absolute atomic E-state index is 0.384. The zero-order valence-corrected chi connectivity index (χ0v) is 17.8. The van der Waals surface area contributed by atoms with E-state index in [0.29, 0.717) is 11.4 Å². The maximum Gasteiger partial charge on any atom is 0.158 e. The Kier molecular flexibility index (Phi) is 6.83. The van der Waals surface area contributed by atoms with Crippen LogP contribution in [0, 0.1) is 11.3 Å². The van der Waals surface area contributed by atoms with Crippen LogP contribution in [0.25, 0.3) is 11.6 Å². The molecule has 0 aromatic carbocycles. The highest BCUT2D eigenvalue weighted by molar-refractivity contribution is 9.10. The molecule has 0 saturated heterocycles. The van der Waals surface area contributed by atoms with Gasteiger partial charge in [0.05, 0.1) is 6.21 Å². The van der Waals surface area contributed by atoms with Crippen LogP contribution in [0.15, 0.2) is 75.8 Å². The fourth-order valence-electron chi connectivity index (χ4n) is 2.14. The molecule has 1 N–H and O–H groups in total. The van der Waals surface area contributed by atoms with Crippen LogP contribution in [0.3, 0.4) is 0 Å². The Bertz CT molecular complexity index is 1140. The van der Waals surface area contributed by atoms with Crippen LogP contribution >= 0.6 is 31.9 Å². The highest BCUT2D eigenvalue weighted by Gasteiger charge is 2.01. The van der Waals surface area contributed by atoms with E-state index in [0.717, 1.165) is 20.6 Å². The van der Waals surface area contributed by atoms with E-state index >= 15 is 0 Å². The fraction of sp³-hybridized carbons (Fsp3) is 0. The summed E-state index contributed by atoms with van der Waals surface area (Å²) in [6, 6.07) is 9.43. The lowest BCUT2D eigenvalue weighted by atomic mass is 10.4. The van der Waals surface area contributed by atoms with Crippen LogP contribution in [0.4, 0.5) is 0 Å². The lowest BCUT2D eigenvalue weighted by Gasteiger charge is -1.99. The van der Waals surface area contributed by atoms with Gasteiger partial charge >= 0.3 is 0 Å². The van der Waals surface area contributed by atoms with Crippen LogP contribution in [0.2, 0.25) is 0 Å². The molecule has 0 radical (unpaired) electrons. The summed E-state index contributed by atoms with van der Waals surface area (Å²) in [7, 11) is 0. The standard InChI is InChI=1S/C9H7BrN4O.C9H5BrN4/c10-7-1-2-9(11-3-7)14-5-8(4-13-15)12-6-14;10-7-1-2-9(12-4-7)14-5-8(3-11)13-6-14/h1-6,15H;1-2,4-6H. The van der Waals surface area contributed by atoms with Crippen LogP contribution in [-0.2, 0) is 0 Å². The van der Waals surface area contributed by atoms with Crippen molar-refractivity contribution in [2.24, 2.45) is 5.16 Å². The summed E-state index contributed by atoms with van der Waals surface area (Å²) in [5.41, 5.74) is 0.955. The molecule has 4 aromatic heterocycles. The molecule has 4 aromatic rings. The first-order valence-corrected chi connectivity index (χ1v) is 9.57. The average Bonchev–Trinajstić information content (AvgIpc) is 3.40. The Hall–Kier alpha value is -3.36. The number of aromatic nitrogens is 6. The number of halogens is 2. The zero-order valence-electron chi connectivity index (χ0n) is 14.6. The van der Waals surface area contributed by atoms with E-state index in [1.54, 1.807) is 46.6 Å². The number of pyridine rings is 2. The Morgan fingerprint density at radius 3 is 1.97 bits per heavy atom. The van der Waals surface area contributed by atoms with Crippen molar-refractivity contribution in [1.82, 2.24) is 29.1 Å². The quantitative estimate of drug-likeness (QED) is 0.252. The average molecular weight is 516 g/mol. The molecule has 144 valence electrons. The number of rotatable bonds is 3. The van der Waals surface area contributed by atoms with E-state index < -0.39 is 0 Å². The number of nitriles is 1. The first-order valence-electron chi connectivity index (χ1n) is 7.98. The molecule has 0 aliphatic rings. The van der Waals surface area contributed by atoms with Crippen molar-refractivity contribution in [2.45, 2.75) is 0 Å². The lowest BCUT2D eigenvalue weighted by molar-refractivity contribution is 0.321. The van der Waals surface area contributed by atoms with Gasteiger partial charge in [0.15, 0.2) is 5.69 Å². The number of hydrogen-bond donors (Lipinski definition) is 1. The second-order valence-corrected chi connectivity index (χ2v) is 7.23. The van der Waals surface area contributed by atoms with E-state index in [-0.39, 0.29) is 0 Å². The minimum atomic E-state index is 0.384. The maximum absolute atomic E-state index is 8.59. The summed E-state index contributed by atoms with van der Waals surface area (Å²) < 4.78 is 5.28. The first-order chi connectivity index (χ1) is 14.1. The molecular formula is C18H12Br2N8O. The molecule has 29 heavy (non-hydrogen) atoms. The summed E-state index contributed by atoms with van der Waals surface area (Å²) in [6.45, 7) is 0. The molecule has 0 amide bonds. The van der Waals surface area contributed by atoms with Gasteiger partial charge in [-0.2, -0.15) is 5.26 Å². The van der Waals surface area contributed by atoms with Gasteiger partial charge in [-0.25, -0.2) is 19.9 Å². The van der Waals surface area contributed by atoms with E-state index in [9.17, 15) is 0 Å². The number of nitrogens with zero attached hydrogens (tertiary/aromatic N) is 8. The van der Waals surface area contributed by atoms with E-state index in [2.05, 4.69) is 57.0 Å². The van der Waals surface area contributed by atoms with Crippen LogP contribution < -0.4 is 0 Å². The predicted molar refractivity (Wildman–Crippen MR) is 112 cm³/mol. The van der Waals surface area contributed by atoms with Crippen molar-refractivity contribution in [2.75, 3.05) is 0 Å². The molecule has 0 unspecified atom stereocenters. The predicted octanol–water partition coefficient (Wildman–Crippen LogP) is 3.74. The molecule has 0 atom stereocenters. The van der Waals surface area contributed by atoms with Crippen LogP contribution in [0.1, 0.15) is 11.4 Å². The number of oxime groups is 1. The molecular weight excluding hydrogens is 504 g/mol.